The minimum Gasteiger partial charge on any atom is -0.477 e. The van der Waals surface area contributed by atoms with Crippen LogP contribution in [0.3, 0.4) is 0 Å². The minimum atomic E-state index is -6.24. The van der Waals surface area contributed by atoms with Gasteiger partial charge in [0.25, 0.3) is 0 Å². The molecule has 23 heteroatoms. The SMILES string of the molecule is O=S(=O)(F)C(=CF)C(=CF)OC(C=CF)C(=CF)C(OC(C(=CF)C(C=CF)OC(=CF)C(=CF)S(=O)(=O)F)=C(F)F)=C(F)F. The average molecular weight is 718 g/mol. The van der Waals surface area contributed by atoms with Crippen LogP contribution in [0.1, 0.15) is 0 Å². The monoisotopic (exact) mass is 718 g/mol. The zero-order chi connectivity index (χ0) is 35.1. The third-order valence-electron chi connectivity index (χ3n) is 4.33. The summed E-state index contributed by atoms with van der Waals surface area (Å²) in [6.07, 6.45) is -21.5. The fourth-order valence-electron chi connectivity index (χ4n) is 2.54. The van der Waals surface area contributed by atoms with Gasteiger partial charge in [0.1, 0.15) is 25.3 Å². The molecule has 0 aromatic rings. The summed E-state index contributed by atoms with van der Waals surface area (Å²) >= 11 is 0. The molecule has 45 heavy (non-hydrogen) atoms. The molecule has 2 unspecified atom stereocenters. The quantitative estimate of drug-likeness (QED) is 0.0684. The summed E-state index contributed by atoms with van der Waals surface area (Å²) < 4.78 is 244. The van der Waals surface area contributed by atoms with Gasteiger partial charge in [-0.05, 0) is 12.2 Å². The average Bonchev–Trinajstić information content (AvgIpc) is 2.94. The molecule has 0 aliphatic heterocycles. The second-order valence-electron chi connectivity index (χ2n) is 6.89. The molecule has 0 aromatic carbocycles. The van der Waals surface area contributed by atoms with Gasteiger partial charge in [0.15, 0.2) is 33.5 Å². The Kier molecular flexibility index (Phi) is 16.7. The first kappa shape index (κ1) is 40.7. The molecule has 2 atom stereocenters. The minimum absolute atomic E-state index is 0.235. The Morgan fingerprint density at radius 1 is 0.511 bits per heavy atom. The van der Waals surface area contributed by atoms with Crippen molar-refractivity contribution >= 4 is 20.4 Å². The van der Waals surface area contributed by atoms with Crippen LogP contribution in [0.2, 0.25) is 0 Å². The molecule has 0 saturated heterocycles. The van der Waals surface area contributed by atoms with E-state index < -0.39 is 139 Å². The number of halogens is 14. The summed E-state index contributed by atoms with van der Waals surface area (Å²) in [5.74, 6) is -9.36. The molecular formula is C22H12F14O7S2. The first-order valence-corrected chi connectivity index (χ1v) is 13.1. The number of hydrogen-bond donors (Lipinski definition) is 0. The van der Waals surface area contributed by atoms with Crippen molar-refractivity contribution < 1.29 is 91.5 Å². The van der Waals surface area contributed by atoms with Crippen LogP contribution in [0.15, 0.2) is 119 Å². The summed E-state index contributed by atoms with van der Waals surface area (Å²) in [6.45, 7) is 0. The Labute approximate surface area is 243 Å². The molecular weight excluding hydrogens is 706 g/mol. The van der Waals surface area contributed by atoms with Gasteiger partial charge in [0.2, 0.25) is 11.5 Å². The predicted octanol–water partition coefficient (Wildman–Crippen LogP) is 8.51. The number of rotatable bonds is 16. The van der Waals surface area contributed by atoms with Gasteiger partial charge < -0.3 is 14.2 Å². The second-order valence-corrected chi connectivity index (χ2v) is 9.52. The van der Waals surface area contributed by atoms with Crippen LogP contribution in [0, 0.1) is 0 Å². The van der Waals surface area contributed by atoms with Crippen LogP contribution < -0.4 is 0 Å². The lowest BCUT2D eigenvalue weighted by Gasteiger charge is -2.24. The Morgan fingerprint density at radius 3 is 1.00 bits per heavy atom. The lowest BCUT2D eigenvalue weighted by atomic mass is 10.1. The molecule has 0 spiro atoms. The van der Waals surface area contributed by atoms with Gasteiger partial charge in [-0.15, -0.1) is 7.77 Å². The van der Waals surface area contributed by atoms with E-state index in [1.54, 1.807) is 0 Å². The molecule has 0 saturated carbocycles. The Morgan fingerprint density at radius 2 is 0.822 bits per heavy atom. The fourth-order valence-corrected chi connectivity index (χ4v) is 3.42. The predicted molar refractivity (Wildman–Crippen MR) is 125 cm³/mol. The lowest BCUT2D eigenvalue weighted by molar-refractivity contribution is 0.154. The van der Waals surface area contributed by atoms with Crippen molar-refractivity contribution in [3.8, 4) is 0 Å². The van der Waals surface area contributed by atoms with Crippen molar-refractivity contribution in [2.75, 3.05) is 0 Å². The Hall–Kier alpha value is -4.28. The number of ether oxygens (including phenoxy) is 3. The maximum Gasteiger partial charge on any atom is 0.338 e. The summed E-state index contributed by atoms with van der Waals surface area (Å²) in [7, 11) is -12.5. The van der Waals surface area contributed by atoms with Crippen molar-refractivity contribution in [1.29, 1.82) is 0 Å². The summed E-state index contributed by atoms with van der Waals surface area (Å²) in [5.41, 5.74) is -4.13. The topological polar surface area (TPSA) is 96.0 Å². The van der Waals surface area contributed by atoms with E-state index in [2.05, 4.69) is 14.2 Å². The van der Waals surface area contributed by atoms with E-state index in [9.17, 15) is 77.3 Å². The highest BCUT2D eigenvalue weighted by Crippen LogP contribution is 2.36. The highest BCUT2D eigenvalue weighted by Gasteiger charge is 2.34. The summed E-state index contributed by atoms with van der Waals surface area (Å²) in [5, 5.41) is 0. The van der Waals surface area contributed by atoms with Gasteiger partial charge in [-0.1, -0.05) is 0 Å². The van der Waals surface area contributed by atoms with Gasteiger partial charge in [0.05, 0.1) is 36.5 Å². The molecule has 7 nitrogen and oxygen atoms in total. The lowest BCUT2D eigenvalue weighted by Crippen LogP contribution is -2.21. The highest BCUT2D eigenvalue weighted by atomic mass is 32.3. The maximum atomic E-state index is 13.8. The van der Waals surface area contributed by atoms with Gasteiger partial charge in [-0.2, -0.15) is 34.4 Å². The molecule has 252 valence electrons. The molecule has 0 heterocycles. The van der Waals surface area contributed by atoms with E-state index >= 15 is 0 Å². The van der Waals surface area contributed by atoms with Gasteiger partial charge >= 0.3 is 32.6 Å². The molecule has 0 aliphatic rings. The third-order valence-corrected chi connectivity index (χ3v) is 5.96. The molecule has 0 amide bonds. The molecule has 0 bridgehead atoms. The largest absolute Gasteiger partial charge is 0.477 e. The molecule has 0 rings (SSSR count). The van der Waals surface area contributed by atoms with Crippen molar-refractivity contribution in [2.45, 2.75) is 12.2 Å². The van der Waals surface area contributed by atoms with Crippen LogP contribution in [0.4, 0.5) is 60.5 Å². The van der Waals surface area contributed by atoms with E-state index in [1.807, 2.05) is 0 Å². The van der Waals surface area contributed by atoms with E-state index in [-0.39, 0.29) is 12.2 Å². The fraction of sp³-hybridized carbons (Fsp3) is 0.0909. The van der Waals surface area contributed by atoms with Gasteiger partial charge in [-0.25, -0.2) is 35.1 Å². The summed E-state index contributed by atoms with van der Waals surface area (Å²) in [4.78, 5) is -4.67. The standard InChI is InChI=1S/C22H12F14O7S2/c23-3-1-13(41-15(7-27)17(9-29)44(35,37)38)11(5-25)19(21(31)32)43-20(22(33)34)12(6-26)14(2-4-24)42-16(8-28)18(10-30)45(36,39)40/h1-10,13-14H. The molecule has 0 N–H and O–H groups in total. The zero-order valence-corrected chi connectivity index (χ0v) is 22.5. The van der Waals surface area contributed by atoms with E-state index in [4.69, 9.17) is 0 Å². The van der Waals surface area contributed by atoms with E-state index in [1.165, 1.54) is 0 Å². The first-order chi connectivity index (χ1) is 20.9. The van der Waals surface area contributed by atoms with E-state index in [0.29, 0.717) is 0 Å². The third kappa shape index (κ3) is 11.6. The highest BCUT2D eigenvalue weighted by molar-refractivity contribution is 7.90. The molecule has 0 fully saturated rings. The van der Waals surface area contributed by atoms with Crippen molar-refractivity contribution in [3.05, 3.63) is 119 Å². The Bertz CT molecular complexity index is 1480. The molecule has 0 aliphatic carbocycles. The normalized spacial score (nSPS) is 16.1. The van der Waals surface area contributed by atoms with Crippen LogP contribution in [0.5, 0.6) is 0 Å². The van der Waals surface area contributed by atoms with Crippen LogP contribution in [-0.2, 0) is 34.7 Å². The van der Waals surface area contributed by atoms with Gasteiger partial charge in [-0.3, -0.25) is 0 Å². The van der Waals surface area contributed by atoms with Crippen LogP contribution in [-0.4, -0.2) is 29.0 Å². The summed E-state index contributed by atoms with van der Waals surface area (Å²) in [6, 6.07) is 0. The van der Waals surface area contributed by atoms with Crippen molar-refractivity contribution in [3.63, 3.8) is 0 Å². The number of hydrogen-bond acceptors (Lipinski definition) is 7. The first-order valence-electron chi connectivity index (χ1n) is 10.3. The van der Waals surface area contributed by atoms with Crippen molar-refractivity contribution in [2.24, 2.45) is 0 Å². The van der Waals surface area contributed by atoms with E-state index in [0.717, 1.165) is 0 Å². The smallest absolute Gasteiger partial charge is 0.338 e. The zero-order valence-electron chi connectivity index (χ0n) is 20.9. The van der Waals surface area contributed by atoms with Crippen LogP contribution in [0.25, 0.3) is 0 Å². The molecule has 0 aromatic heterocycles. The van der Waals surface area contributed by atoms with Crippen molar-refractivity contribution in [1.82, 2.24) is 0 Å². The van der Waals surface area contributed by atoms with Gasteiger partial charge in [0, 0.05) is 0 Å². The maximum absolute atomic E-state index is 13.8. The Balaban J connectivity index is 7.11. The second kappa shape index (κ2) is 18.5. The molecule has 0 radical (unpaired) electrons. The van der Waals surface area contributed by atoms with Crippen LogP contribution >= 0.6 is 0 Å².